The van der Waals surface area contributed by atoms with E-state index in [1.54, 1.807) is 0 Å². The number of hydrogen-bond acceptors (Lipinski definition) is 2. The molecule has 1 unspecified atom stereocenters. The van der Waals surface area contributed by atoms with Crippen LogP contribution in [0.3, 0.4) is 0 Å². The van der Waals surface area contributed by atoms with Crippen molar-refractivity contribution in [3.63, 3.8) is 0 Å². The Bertz CT molecular complexity index is 635. The summed E-state index contributed by atoms with van der Waals surface area (Å²) in [4.78, 5) is 13.0. The van der Waals surface area contributed by atoms with Crippen LogP contribution >= 0.6 is 0 Å². The number of carbonyl (C=O) groups is 1. The summed E-state index contributed by atoms with van der Waals surface area (Å²) in [7, 11) is 4.05. The fourth-order valence-corrected chi connectivity index (χ4v) is 2.50. The lowest BCUT2D eigenvalue weighted by Crippen LogP contribution is -2.09. The molecule has 1 N–H and O–H groups in total. The first kappa shape index (κ1) is 15.1. The van der Waals surface area contributed by atoms with Crippen molar-refractivity contribution in [3.8, 4) is 11.1 Å². The van der Waals surface area contributed by atoms with E-state index >= 15 is 0 Å². The Kier molecular flexibility index (Phi) is 4.63. The van der Waals surface area contributed by atoms with Gasteiger partial charge in [-0.05, 0) is 23.1 Å². The fraction of sp³-hybridized carbons (Fsp3) is 0.278. The van der Waals surface area contributed by atoms with Gasteiger partial charge in [-0.15, -0.1) is 0 Å². The lowest BCUT2D eigenvalue weighted by atomic mass is 9.93. The second-order valence-corrected chi connectivity index (χ2v) is 5.54. The average Bonchev–Trinajstić information content (AvgIpc) is 2.46. The van der Waals surface area contributed by atoms with Crippen molar-refractivity contribution in [1.82, 2.24) is 0 Å². The molecule has 0 radical (unpaired) electrons. The first-order valence-electron chi connectivity index (χ1n) is 7.07. The monoisotopic (exact) mass is 283 g/mol. The highest BCUT2D eigenvalue weighted by Crippen LogP contribution is 2.31. The molecule has 2 rings (SSSR count). The number of nitrogens with zero attached hydrogens (tertiary/aromatic N) is 1. The van der Waals surface area contributed by atoms with Crippen LogP contribution in [0.15, 0.2) is 48.5 Å². The summed E-state index contributed by atoms with van der Waals surface area (Å²) in [5.41, 5.74) is 4.49. The topological polar surface area (TPSA) is 40.5 Å². The van der Waals surface area contributed by atoms with Crippen LogP contribution in [0.25, 0.3) is 11.1 Å². The van der Waals surface area contributed by atoms with Crippen molar-refractivity contribution in [2.45, 2.75) is 19.3 Å². The number of hydrogen-bond donors (Lipinski definition) is 1. The van der Waals surface area contributed by atoms with Crippen LogP contribution < -0.4 is 4.90 Å². The van der Waals surface area contributed by atoms with Gasteiger partial charge in [0.15, 0.2) is 0 Å². The Morgan fingerprint density at radius 2 is 1.86 bits per heavy atom. The van der Waals surface area contributed by atoms with Gasteiger partial charge in [0.1, 0.15) is 0 Å². The van der Waals surface area contributed by atoms with Gasteiger partial charge in [-0.25, -0.2) is 0 Å². The van der Waals surface area contributed by atoms with Crippen LogP contribution in [0.1, 0.15) is 24.8 Å². The van der Waals surface area contributed by atoms with Crippen molar-refractivity contribution >= 4 is 11.7 Å². The number of rotatable bonds is 5. The van der Waals surface area contributed by atoms with Gasteiger partial charge < -0.3 is 10.0 Å². The number of carboxylic acid groups (broad SMARTS) is 1. The molecule has 0 heterocycles. The number of benzene rings is 2. The highest BCUT2D eigenvalue weighted by Gasteiger charge is 2.12. The van der Waals surface area contributed by atoms with Gasteiger partial charge in [-0.1, -0.05) is 49.4 Å². The van der Waals surface area contributed by atoms with E-state index in [2.05, 4.69) is 29.2 Å². The van der Waals surface area contributed by atoms with E-state index in [0.29, 0.717) is 0 Å². The van der Waals surface area contributed by atoms with Gasteiger partial charge in [-0.3, -0.25) is 4.79 Å². The van der Waals surface area contributed by atoms with Crippen molar-refractivity contribution < 1.29 is 9.90 Å². The predicted molar refractivity (Wildman–Crippen MR) is 86.9 cm³/mol. The van der Waals surface area contributed by atoms with Crippen LogP contribution in [0.4, 0.5) is 5.69 Å². The molecule has 0 spiro atoms. The molecule has 1 atom stereocenters. The number of anilines is 1. The van der Waals surface area contributed by atoms with Crippen LogP contribution in [-0.4, -0.2) is 25.2 Å². The highest BCUT2D eigenvalue weighted by atomic mass is 16.4. The number of aliphatic carboxylic acids is 1. The summed E-state index contributed by atoms with van der Waals surface area (Å²) in [6.07, 6.45) is 0.152. The summed E-state index contributed by atoms with van der Waals surface area (Å²) in [5, 5.41) is 8.94. The molecule has 2 aromatic rings. The second kappa shape index (κ2) is 6.44. The molecule has 0 aromatic heterocycles. The zero-order chi connectivity index (χ0) is 15.4. The fourth-order valence-electron chi connectivity index (χ4n) is 2.50. The average molecular weight is 283 g/mol. The highest BCUT2D eigenvalue weighted by molar-refractivity contribution is 5.78. The molecule has 0 saturated carbocycles. The molecule has 0 saturated heterocycles. The quantitative estimate of drug-likeness (QED) is 0.901. The Morgan fingerprint density at radius 1 is 1.14 bits per heavy atom. The molecule has 110 valence electrons. The first-order valence-corrected chi connectivity index (χ1v) is 7.07. The van der Waals surface area contributed by atoms with E-state index in [0.717, 1.165) is 22.4 Å². The van der Waals surface area contributed by atoms with Crippen molar-refractivity contribution in [2.75, 3.05) is 19.0 Å². The molecule has 21 heavy (non-hydrogen) atoms. The lowest BCUT2D eigenvalue weighted by Gasteiger charge is -2.18. The smallest absolute Gasteiger partial charge is 0.303 e. The minimum Gasteiger partial charge on any atom is -0.481 e. The van der Waals surface area contributed by atoms with E-state index in [-0.39, 0.29) is 12.3 Å². The Labute approximate surface area is 125 Å². The normalized spacial score (nSPS) is 12.0. The molecule has 2 aromatic carbocycles. The van der Waals surface area contributed by atoms with Crippen LogP contribution in [0.5, 0.6) is 0 Å². The summed E-state index contributed by atoms with van der Waals surface area (Å²) >= 11 is 0. The molecule has 0 aliphatic rings. The Balaban J connectivity index is 2.40. The maximum atomic E-state index is 10.9. The largest absolute Gasteiger partial charge is 0.481 e. The minimum absolute atomic E-state index is 0.00830. The SMILES string of the molecule is CC(CC(=O)O)c1cccc(-c2ccccc2N(C)C)c1. The van der Waals surface area contributed by atoms with Gasteiger partial charge in [0.2, 0.25) is 0 Å². The van der Waals surface area contributed by atoms with E-state index < -0.39 is 5.97 Å². The first-order chi connectivity index (χ1) is 9.99. The third-order valence-electron chi connectivity index (χ3n) is 3.63. The van der Waals surface area contributed by atoms with Gasteiger partial charge in [0, 0.05) is 25.3 Å². The molecular formula is C18H21NO2. The minimum atomic E-state index is -0.762. The standard InChI is InChI=1S/C18H21NO2/c1-13(11-18(20)21)14-7-6-8-15(12-14)16-9-4-5-10-17(16)19(2)3/h4-10,12-13H,11H2,1-3H3,(H,20,21). The molecule has 3 nitrogen and oxygen atoms in total. The van der Waals surface area contributed by atoms with Crippen molar-refractivity contribution in [3.05, 3.63) is 54.1 Å². The molecular weight excluding hydrogens is 262 g/mol. The molecule has 0 fully saturated rings. The van der Waals surface area contributed by atoms with Gasteiger partial charge in [0.25, 0.3) is 0 Å². The molecule has 3 heteroatoms. The van der Waals surface area contributed by atoms with Crippen LogP contribution in [-0.2, 0) is 4.79 Å². The zero-order valence-corrected chi connectivity index (χ0v) is 12.7. The van der Waals surface area contributed by atoms with Gasteiger partial charge in [0.05, 0.1) is 6.42 Å². The summed E-state index contributed by atoms with van der Waals surface area (Å²) in [6.45, 7) is 1.95. The number of para-hydroxylation sites is 1. The van der Waals surface area contributed by atoms with Crippen molar-refractivity contribution in [1.29, 1.82) is 0 Å². The van der Waals surface area contributed by atoms with E-state index in [9.17, 15) is 4.79 Å². The maximum Gasteiger partial charge on any atom is 0.303 e. The van der Waals surface area contributed by atoms with Gasteiger partial charge in [-0.2, -0.15) is 0 Å². The Morgan fingerprint density at radius 3 is 2.52 bits per heavy atom. The molecule has 0 aliphatic heterocycles. The summed E-state index contributed by atoms with van der Waals surface area (Å²) in [5.74, 6) is -0.754. The molecule has 0 aliphatic carbocycles. The lowest BCUT2D eigenvalue weighted by molar-refractivity contribution is -0.137. The van der Waals surface area contributed by atoms with Crippen LogP contribution in [0.2, 0.25) is 0 Å². The Hall–Kier alpha value is -2.29. The third kappa shape index (κ3) is 3.63. The molecule has 0 amide bonds. The summed E-state index contributed by atoms with van der Waals surface area (Å²) < 4.78 is 0. The van der Waals surface area contributed by atoms with Crippen molar-refractivity contribution in [2.24, 2.45) is 0 Å². The maximum absolute atomic E-state index is 10.9. The van der Waals surface area contributed by atoms with E-state index in [1.807, 2.05) is 45.3 Å². The summed E-state index contributed by atoms with van der Waals surface area (Å²) in [6, 6.07) is 16.4. The number of carboxylic acids is 1. The van der Waals surface area contributed by atoms with E-state index in [1.165, 1.54) is 0 Å². The second-order valence-electron chi connectivity index (χ2n) is 5.54. The third-order valence-corrected chi connectivity index (χ3v) is 3.63. The van der Waals surface area contributed by atoms with Gasteiger partial charge >= 0.3 is 5.97 Å². The predicted octanol–water partition coefficient (Wildman–Crippen LogP) is 4.00. The molecule has 0 bridgehead atoms. The van der Waals surface area contributed by atoms with E-state index in [4.69, 9.17) is 5.11 Å². The zero-order valence-electron chi connectivity index (χ0n) is 12.7. The van der Waals surface area contributed by atoms with Crippen LogP contribution in [0, 0.1) is 0 Å².